The Morgan fingerprint density at radius 1 is 1.14 bits per heavy atom. The monoisotopic (exact) mass is 279 g/mol. The van der Waals surface area contributed by atoms with Gasteiger partial charge in [-0.3, -0.25) is 9.88 Å². The molecule has 0 aliphatic rings. The van der Waals surface area contributed by atoms with E-state index in [0.29, 0.717) is 6.04 Å². The van der Waals surface area contributed by atoms with Crippen LogP contribution in [0.3, 0.4) is 0 Å². The number of para-hydroxylation sites is 1. The number of pyridine rings is 1. The van der Waals surface area contributed by atoms with Crippen LogP contribution >= 0.6 is 0 Å². The van der Waals surface area contributed by atoms with Crippen molar-refractivity contribution in [3.63, 3.8) is 0 Å². The molecule has 108 valence electrons. The SMILES string of the molecule is C[C@@H](c1ccccn1)N(C)Cc1cc2ccccc2n1C. The number of aromatic nitrogens is 2. The Morgan fingerprint density at radius 3 is 2.62 bits per heavy atom. The van der Waals surface area contributed by atoms with Crippen molar-refractivity contribution < 1.29 is 0 Å². The molecule has 0 N–H and O–H groups in total. The Morgan fingerprint density at radius 2 is 1.90 bits per heavy atom. The molecule has 21 heavy (non-hydrogen) atoms. The molecule has 0 saturated carbocycles. The van der Waals surface area contributed by atoms with Gasteiger partial charge in [-0.2, -0.15) is 0 Å². The first kappa shape index (κ1) is 13.8. The molecular formula is C18H21N3. The van der Waals surface area contributed by atoms with Crippen molar-refractivity contribution in [2.24, 2.45) is 7.05 Å². The summed E-state index contributed by atoms with van der Waals surface area (Å²) in [5.74, 6) is 0. The lowest BCUT2D eigenvalue weighted by atomic mass is 10.2. The van der Waals surface area contributed by atoms with E-state index in [9.17, 15) is 0 Å². The van der Waals surface area contributed by atoms with Crippen molar-refractivity contribution in [3.8, 4) is 0 Å². The van der Waals surface area contributed by atoms with Crippen LogP contribution in [0.4, 0.5) is 0 Å². The third kappa shape index (κ3) is 2.69. The van der Waals surface area contributed by atoms with Crippen molar-refractivity contribution in [1.29, 1.82) is 0 Å². The maximum Gasteiger partial charge on any atom is 0.0572 e. The minimum Gasteiger partial charge on any atom is -0.346 e. The van der Waals surface area contributed by atoms with Gasteiger partial charge in [0.15, 0.2) is 0 Å². The van der Waals surface area contributed by atoms with Gasteiger partial charge in [0, 0.05) is 37.0 Å². The van der Waals surface area contributed by atoms with E-state index >= 15 is 0 Å². The topological polar surface area (TPSA) is 21.1 Å². The van der Waals surface area contributed by atoms with E-state index in [4.69, 9.17) is 0 Å². The molecule has 3 rings (SSSR count). The van der Waals surface area contributed by atoms with E-state index in [1.807, 2.05) is 18.3 Å². The number of benzene rings is 1. The predicted molar refractivity (Wildman–Crippen MR) is 87.0 cm³/mol. The highest BCUT2D eigenvalue weighted by Crippen LogP contribution is 2.22. The fourth-order valence-electron chi connectivity index (χ4n) is 2.74. The Labute approximate surface area is 125 Å². The summed E-state index contributed by atoms with van der Waals surface area (Å²) in [6.45, 7) is 3.11. The second-order valence-corrected chi connectivity index (χ2v) is 5.60. The molecule has 0 aliphatic heterocycles. The van der Waals surface area contributed by atoms with Gasteiger partial charge in [0.25, 0.3) is 0 Å². The summed E-state index contributed by atoms with van der Waals surface area (Å²) in [5.41, 5.74) is 3.71. The van der Waals surface area contributed by atoms with E-state index in [0.717, 1.165) is 12.2 Å². The molecular weight excluding hydrogens is 258 g/mol. The van der Waals surface area contributed by atoms with Crippen molar-refractivity contribution in [1.82, 2.24) is 14.5 Å². The molecule has 3 heteroatoms. The normalized spacial score (nSPS) is 13.0. The fraction of sp³-hybridized carbons (Fsp3) is 0.278. The zero-order valence-electron chi connectivity index (χ0n) is 12.8. The van der Waals surface area contributed by atoms with Gasteiger partial charge in [-0.1, -0.05) is 24.3 Å². The molecule has 0 bridgehead atoms. The molecule has 1 aromatic carbocycles. The van der Waals surface area contributed by atoms with Gasteiger partial charge in [-0.15, -0.1) is 0 Å². The van der Waals surface area contributed by atoms with Crippen LogP contribution in [0.1, 0.15) is 24.4 Å². The molecule has 0 aliphatic carbocycles. The Hall–Kier alpha value is -2.13. The second-order valence-electron chi connectivity index (χ2n) is 5.60. The summed E-state index contributed by atoms with van der Waals surface area (Å²) in [6, 6.07) is 17.2. The highest BCUT2D eigenvalue weighted by Gasteiger charge is 2.15. The maximum atomic E-state index is 4.46. The molecule has 3 nitrogen and oxygen atoms in total. The van der Waals surface area contributed by atoms with E-state index in [1.165, 1.54) is 16.6 Å². The lowest BCUT2D eigenvalue weighted by Gasteiger charge is -2.24. The van der Waals surface area contributed by atoms with Gasteiger partial charge in [0.2, 0.25) is 0 Å². The van der Waals surface area contributed by atoms with Crippen LogP contribution in [-0.2, 0) is 13.6 Å². The van der Waals surface area contributed by atoms with Gasteiger partial charge in [-0.25, -0.2) is 0 Å². The van der Waals surface area contributed by atoms with Crippen LogP contribution in [0.25, 0.3) is 10.9 Å². The highest BCUT2D eigenvalue weighted by molar-refractivity contribution is 5.81. The number of hydrogen-bond acceptors (Lipinski definition) is 2. The number of hydrogen-bond donors (Lipinski definition) is 0. The minimum absolute atomic E-state index is 0.296. The third-order valence-corrected chi connectivity index (χ3v) is 4.24. The quantitative estimate of drug-likeness (QED) is 0.725. The number of rotatable bonds is 4. The molecule has 2 aromatic heterocycles. The molecule has 0 amide bonds. The zero-order valence-corrected chi connectivity index (χ0v) is 12.8. The van der Waals surface area contributed by atoms with Gasteiger partial charge in [-0.05, 0) is 43.6 Å². The molecule has 0 radical (unpaired) electrons. The van der Waals surface area contributed by atoms with Crippen molar-refractivity contribution in [2.45, 2.75) is 19.5 Å². The van der Waals surface area contributed by atoms with Crippen LogP contribution in [0, 0.1) is 0 Å². The van der Waals surface area contributed by atoms with Crippen LogP contribution < -0.4 is 0 Å². The Balaban J connectivity index is 1.83. The van der Waals surface area contributed by atoms with Crippen LogP contribution in [-0.4, -0.2) is 21.5 Å². The van der Waals surface area contributed by atoms with Crippen LogP contribution in [0.2, 0.25) is 0 Å². The van der Waals surface area contributed by atoms with Gasteiger partial charge >= 0.3 is 0 Å². The van der Waals surface area contributed by atoms with Crippen molar-refractivity contribution >= 4 is 10.9 Å². The molecule has 2 heterocycles. The molecule has 0 unspecified atom stereocenters. The molecule has 3 aromatic rings. The average molecular weight is 279 g/mol. The van der Waals surface area contributed by atoms with Gasteiger partial charge < -0.3 is 4.57 Å². The zero-order chi connectivity index (χ0) is 14.8. The summed E-state index contributed by atoms with van der Waals surface area (Å²) in [7, 11) is 4.29. The first-order valence-corrected chi connectivity index (χ1v) is 7.31. The third-order valence-electron chi connectivity index (χ3n) is 4.24. The first-order valence-electron chi connectivity index (χ1n) is 7.31. The first-order chi connectivity index (χ1) is 10.2. The second kappa shape index (κ2) is 5.70. The number of fused-ring (bicyclic) bond motifs is 1. The minimum atomic E-state index is 0.296. The molecule has 0 saturated heterocycles. The Kier molecular flexibility index (Phi) is 3.76. The highest BCUT2D eigenvalue weighted by atomic mass is 15.2. The lowest BCUT2D eigenvalue weighted by Crippen LogP contribution is -2.23. The Bertz CT molecular complexity index is 731. The summed E-state index contributed by atoms with van der Waals surface area (Å²) < 4.78 is 2.27. The summed E-state index contributed by atoms with van der Waals surface area (Å²) in [5, 5.41) is 1.30. The average Bonchev–Trinajstić information content (AvgIpc) is 2.84. The predicted octanol–water partition coefficient (Wildman–Crippen LogP) is 3.77. The smallest absolute Gasteiger partial charge is 0.0572 e. The fourth-order valence-corrected chi connectivity index (χ4v) is 2.74. The van der Waals surface area contributed by atoms with Gasteiger partial charge in [0.05, 0.1) is 5.69 Å². The molecule has 0 fully saturated rings. The standard InChI is InChI=1S/C18H21N3/c1-14(17-9-6-7-11-19-17)20(2)13-16-12-15-8-4-5-10-18(15)21(16)3/h4-12,14H,13H2,1-3H3/t14-/m0/s1. The maximum absolute atomic E-state index is 4.46. The molecule has 1 atom stereocenters. The van der Waals surface area contributed by atoms with Gasteiger partial charge in [0.1, 0.15) is 0 Å². The van der Waals surface area contributed by atoms with Crippen LogP contribution in [0.5, 0.6) is 0 Å². The van der Waals surface area contributed by atoms with E-state index < -0.39 is 0 Å². The lowest BCUT2D eigenvalue weighted by molar-refractivity contribution is 0.244. The molecule has 0 spiro atoms. The summed E-state index contributed by atoms with van der Waals surface area (Å²) in [6.07, 6.45) is 1.86. The summed E-state index contributed by atoms with van der Waals surface area (Å²) in [4.78, 5) is 6.79. The number of aryl methyl sites for hydroxylation is 1. The largest absolute Gasteiger partial charge is 0.346 e. The van der Waals surface area contributed by atoms with E-state index in [2.05, 4.69) is 71.9 Å². The number of nitrogens with zero attached hydrogens (tertiary/aromatic N) is 3. The van der Waals surface area contributed by atoms with Crippen LogP contribution in [0.15, 0.2) is 54.7 Å². The van der Waals surface area contributed by atoms with Crippen molar-refractivity contribution in [2.75, 3.05) is 7.05 Å². The summed E-state index contributed by atoms with van der Waals surface area (Å²) >= 11 is 0. The van der Waals surface area contributed by atoms with E-state index in [-0.39, 0.29) is 0 Å². The van der Waals surface area contributed by atoms with Crippen molar-refractivity contribution in [3.05, 3.63) is 66.1 Å². The van der Waals surface area contributed by atoms with E-state index in [1.54, 1.807) is 0 Å².